The molecule has 32 heavy (non-hydrogen) atoms. The Hall–Kier alpha value is -2.94. The van der Waals surface area contributed by atoms with Crippen molar-refractivity contribution in [1.29, 1.82) is 0 Å². The SMILES string of the molecule is CC[C@H](c1nnnn1CCc1ccccc1)N1CCN(c2cccc(C(F)(F)F)c2)CC1. The van der Waals surface area contributed by atoms with E-state index in [9.17, 15) is 13.2 Å². The van der Waals surface area contributed by atoms with Gasteiger partial charge in [-0.15, -0.1) is 5.10 Å². The largest absolute Gasteiger partial charge is 0.416 e. The molecule has 0 bridgehead atoms. The zero-order chi connectivity index (χ0) is 22.6. The number of tetrazole rings is 1. The Labute approximate surface area is 185 Å². The van der Waals surface area contributed by atoms with E-state index >= 15 is 0 Å². The van der Waals surface area contributed by atoms with Crippen LogP contribution in [-0.4, -0.2) is 51.3 Å². The van der Waals surface area contributed by atoms with Crippen LogP contribution in [0.25, 0.3) is 0 Å². The van der Waals surface area contributed by atoms with Crippen LogP contribution in [0.2, 0.25) is 0 Å². The van der Waals surface area contributed by atoms with Gasteiger partial charge in [-0.25, -0.2) is 4.68 Å². The number of benzene rings is 2. The molecule has 3 aromatic rings. The Balaban J connectivity index is 1.40. The van der Waals surface area contributed by atoms with Crippen LogP contribution in [0.5, 0.6) is 0 Å². The van der Waals surface area contributed by atoms with Gasteiger partial charge >= 0.3 is 6.18 Å². The van der Waals surface area contributed by atoms with Gasteiger partial charge in [0.05, 0.1) is 11.6 Å². The number of hydrogen-bond donors (Lipinski definition) is 0. The summed E-state index contributed by atoms with van der Waals surface area (Å²) in [6.07, 6.45) is -2.63. The van der Waals surface area contributed by atoms with Gasteiger partial charge in [0.1, 0.15) is 0 Å². The lowest BCUT2D eigenvalue weighted by atomic mass is 10.1. The average Bonchev–Trinajstić information content (AvgIpc) is 3.27. The fraction of sp³-hybridized carbons (Fsp3) is 0.435. The van der Waals surface area contributed by atoms with Crippen LogP contribution in [0, 0.1) is 0 Å². The molecule has 1 aliphatic rings. The first kappa shape index (κ1) is 22.3. The number of halogens is 3. The first-order valence-electron chi connectivity index (χ1n) is 10.9. The summed E-state index contributed by atoms with van der Waals surface area (Å²) in [5.41, 5.74) is 1.23. The van der Waals surface area contributed by atoms with Gasteiger partial charge in [-0.3, -0.25) is 4.90 Å². The number of aryl methyl sites for hydroxylation is 2. The van der Waals surface area contributed by atoms with E-state index in [0.717, 1.165) is 37.8 Å². The fourth-order valence-electron chi connectivity index (χ4n) is 4.26. The van der Waals surface area contributed by atoms with E-state index in [0.29, 0.717) is 25.3 Å². The maximum atomic E-state index is 13.1. The molecule has 9 heteroatoms. The third-order valence-corrected chi connectivity index (χ3v) is 5.99. The smallest absolute Gasteiger partial charge is 0.369 e. The number of anilines is 1. The van der Waals surface area contributed by atoms with E-state index in [2.05, 4.69) is 39.5 Å². The molecule has 0 unspecified atom stereocenters. The summed E-state index contributed by atoms with van der Waals surface area (Å²) in [5.74, 6) is 0.843. The summed E-state index contributed by atoms with van der Waals surface area (Å²) in [4.78, 5) is 4.34. The molecule has 0 spiro atoms. The van der Waals surface area contributed by atoms with Gasteiger partial charge in [0.2, 0.25) is 0 Å². The maximum absolute atomic E-state index is 13.1. The number of alkyl halides is 3. The molecule has 4 rings (SSSR count). The standard InChI is InChI=1S/C23H27F3N6/c1-2-21(22-27-28-29-32(22)12-11-18-7-4-3-5-8-18)31-15-13-30(14-16-31)20-10-6-9-19(17-20)23(24,25)26/h3-10,17,21H,2,11-16H2,1H3/t21-/m1/s1. The van der Waals surface area contributed by atoms with Crippen LogP contribution in [0.1, 0.15) is 36.3 Å². The topological polar surface area (TPSA) is 50.1 Å². The van der Waals surface area contributed by atoms with Crippen LogP contribution in [0.3, 0.4) is 0 Å². The van der Waals surface area contributed by atoms with Crippen LogP contribution < -0.4 is 4.90 Å². The number of aromatic nitrogens is 4. The monoisotopic (exact) mass is 444 g/mol. The minimum atomic E-state index is -4.33. The number of piperazine rings is 1. The second kappa shape index (κ2) is 9.68. The van der Waals surface area contributed by atoms with Crippen molar-refractivity contribution in [1.82, 2.24) is 25.1 Å². The van der Waals surface area contributed by atoms with Gasteiger partial charge in [0, 0.05) is 38.4 Å². The zero-order valence-electron chi connectivity index (χ0n) is 18.0. The maximum Gasteiger partial charge on any atom is 0.416 e. The first-order chi connectivity index (χ1) is 15.5. The molecule has 0 saturated carbocycles. The van der Waals surface area contributed by atoms with E-state index in [1.807, 2.05) is 27.8 Å². The van der Waals surface area contributed by atoms with Crippen molar-refractivity contribution in [2.24, 2.45) is 0 Å². The Kier molecular flexibility index (Phi) is 6.74. The fourth-order valence-corrected chi connectivity index (χ4v) is 4.26. The van der Waals surface area contributed by atoms with Gasteiger partial charge in [-0.05, 0) is 47.0 Å². The highest BCUT2D eigenvalue weighted by Gasteiger charge is 2.32. The molecule has 0 amide bonds. The van der Waals surface area contributed by atoms with Crippen molar-refractivity contribution in [3.8, 4) is 0 Å². The third-order valence-electron chi connectivity index (χ3n) is 5.99. The quantitative estimate of drug-likeness (QED) is 0.547. The van der Waals surface area contributed by atoms with Crippen molar-refractivity contribution in [2.75, 3.05) is 31.1 Å². The lowest BCUT2D eigenvalue weighted by molar-refractivity contribution is -0.137. The average molecular weight is 445 g/mol. The Morgan fingerprint density at radius 2 is 1.72 bits per heavy atom. The van der Waals surface area contributed by atoms with Gasteiger partial charge < -0.3 is 4.90 Å². The Morgan fingerprint density at radius 3 is 2.41 bits per heavy atom. The van der Waals surface area contributed by atoms with Gasteiger partial charge in [0.15, 0.2) is 5.82 Å². The summed E-state index contributed by atoms with van der Waals surface area (Å²) in [5, 5.41) is 12.4. The summed E-state index contributed by atoms with van der Waals surface area (Å²) >= 11 is 0. The number of rotatable bonds is 7. The van der Waals surface area contributed by atoms with Gasteiger partial charge in [-0.2, -0.15) is 13.2 Å². The molecular weight excluding hydrogens is 417 g/mol. The molecular formula is C23H27F3N6. The van der Waals surface area contributed by atoms with Crippen molar-refractivity contribution in [3.63, 3.8) is 0 Å². The highest BCUT2D eigenvalue weighted by molar-refractivity contribution is 5.49. The van der Waals surface area contributed by atoms with E-state index in [1.54, 1.807) is 6.07 Å². The van der Waals surface area contributed by atoms with E-state index in [1.165, 1.54) is 17.7 Å². The molecule has 1 saturated heterocycles. The Morgan fingerprint density at radius 1 is 0.969 bits per heavy atom. The molecule has 0 N–H and O–H groups in total. The molecule has 6 nitrogen and oxygen atoms in total. The number of nitrogens with zero attached hydrogens (tertiary/aromatic N) is 6. The van der Waals surface area contributed by atoms with Crippen LogP contribution in [0.4, 0.5) is 18.9 Å². The predicted molar refractivity (Wildman–Crippen MR) is 116 cm³/mol. The third kappa shape index (κ3) is 5.09. The van der Waals surface area contributed by atoms with Crippen LogP contribution in [-0.2, 0) is 19.1 Å². The second-order valence-corrected chi connectivity index (χ2v) is 7.99. The molecule has 1 aromatic heterocycles. The zero-order valence-corrected chi connectivity index (χ0v) is 18.0. The lowest BCUT2D eigenvalue weighted by Gasteiger charge is -2.39. The minimum Gasteiger partial charge on any atom is -0.369 e. The van der Waals surface area contributed by atoms with Gasteiger partial charge in [-0.1, -0.05) is 43.3 Å². The van der Waals surface area contributed by atoms with Gasteiger partial charge in [0.25, 0.3) is 0 Å². The number of hydrogen-bond acceptors (Lipinski definition) is 5. The van der Waals surface area contributed by atoms with Crippen molar-refractivity contribution in [2.45, 2.75) is 38.5 Å². The highest BCUT2D eigenvalue weighted by Crippen LogP contribution is 2.32. The summed E-state index contributed by atoms with van der Waals surface area (Å²) in [6, 6.07) is 15.9. The molecule has 1 atom stereocenters. The molecule has 2 aromatic carbocycles. The summed E-state index contributed by atoms with van der Waals surface area (Å²) < 4.78 is 41.1. The minimum absolute atomic E-state index is 0.0735. The second-order valence-electron chi connectivity index (χ2n) is 7.99. The summed E-state index contributed by atoms with van der Waals surface area (Å²) in [7, 11) is 0. The van der Waals surface area contributed by atoms with E-state index < -0.39 is 11.7 Å². The Bertz CT molecular complexity index is 996. The highest BCUT2D eigenvalue weighted by atomic mass is 19.4. The molecule has 0 aliphatic carbocycles. The molecule has 2 heterocycles. The van der Waals surface area contributed by atoms with Crippen LogP contribution >= 0.6 is 0 Å². The van der Waals surface area contributed by atoms with Crippen molar-refractivity contribution >= 4 is 5.69 Å². The summed E-state index contributed by atoms with van der Waals surface area (Å²) in [6.45, 7) is 5.60. The lowest BCUT2D eigenvalue weighted by Crippen LogP contribution is -2.48. The molecule has 1 fully saturated rings. The normalized spacial score (nSPS) is 16.3. The van der Waals surface area contributed by atoms with Crippen LogP contribution in [0.15, 0.2) is 54.6 Å². The van der Waals surface area contributed by atoms with E-state index in [4.69, 9.17) is 0 Å². The van der Waals surface area contributed by atoms with Crippen molar-refractivity contribution < 1.29 is 13.2 Å². The first-order valence-corrected chi connectivity index (χ1v) is 10.9. The van der Waals surface area contributed by atoms with E-state index in [-0.39, 0.29) is 6.04 Å². The molecule has 0 radical (unpaired) electrons. The molecule has 170 valence electrons. The molecule has 1 aliphatic heterocycles. The predicted octanol–water partition coefficient (Wildman–Crippen LogP) is 4.21. The van der Waals surface area contributed by atoms with Crippen molar-refractivity contribution in [3.05, 3.63) is 71.5 Å².